The van der Waals surface area contributed by atoms with E-state index in [2.05, 4.69) is 5.32 Å². The number of para-hydroxylation sites is 1. The summed E-state index contributed by atoms with van der Waals surface area (Å²) in [6.45, 7) is 3.42. The molecule has 0 aromatic heterocycles. The van der Waals surface area contributed by atoms with Crippen molar-refractivity contribution in [2.45, 2.75) is 37.8 Å². The number of nitrogens with one attached hydrogen (secondary N) is 1. The Bertz CT molecular complexity index is 1320. The molecule has 0 aliphatic carbocycles. The van der Waals surface area contributed by atoms with Crippen molar-refractivity contribution in [1.82, 2.24) is 10.2 Å². The van der Waals surface area contributed by atoms with Crippen LogP contribution in [0.2, 0.25) is 5.02 Å². The minimum absolute atomic E-state index is 0.0410. The van der Waals surface area contributed by atoms with Crippen LogP contribution in [0.1, 0.15) is 25.8 Å². The van der Waals surface area contributed by atoms with E-state index in [1.807, 2.05) is 6.92 Å². The predicted molar refractivity (Wildman–Crippen MR) is 142 cm³/mol. The van der Waals surface area contributed by atoms with E-state index in [-0.39, 0.29) is 23.0 Å². The lowest BCUT2D eigenvalue weighted by Crippen LogP contribution is -2.51. The van der Waals surface area contributed by atoms with E-state index >= 15 is 0 Å². The van der Waals surface area contributed by atoms with Crippen LogP contribution in [0.15, 0.2) is 83.8 Å². The number of halogens is 2. The molecule has 2 amide bonds. The van der Waals surface area contributed by atoms with Crippen LogP contribution in [0, 0.1) is 5.82 Å². The summed E-state index contributed by atoms with van der Waals surface area (Å²) in [7, 11) is -4.24. The number of hydrogen-bond donors (Lipinski definition) is 1. The summed E-state index contributed by atoms with van der Waals surface area (Å²) in [6.07, 6.45) is 0.721. The molecule has 1 N–H and O–H groups in total. The molecular formula is C27H29ClFN3O4S. The summed E-state index contributed by atoms with van der Waals surface area (Å²) in [5.74, 6) is -1.53. The number of rotatable bonds is 11. The molecule has 0 saturated heterocycles. The van der Waals surface area contributed by atoms with Crippen molar-refractivity contribution in [1.29, 1.82) is 0 Å². The molecule has 0 spiro atoms. The van der Waals surface area contributed by atoms with E-state index in [1.165, 1.54) is 4.90 Å². The van der Waals surface area contributed by atoms with Gasteiger partial charge in [0.05, 0.1) is 10.6 Å². The van der Waals surface area contributed by atoms with Gasteiger partial charge in [-0.05, 0) is 67.4 Å². The molecule has 0 heterocycles. The normalized spacial score (nSPS) is 12.0. The van der Waals surface area contributed by atoms with Gasteiger partial charge in [0.1, 0.15) is 18.4 Å². The average molecular weight is 546 g/mol. The number of hydrogen-bond acceptors (Lipinski definition) is 4. The molecule has 0 saturated carbocycles. The predicted octanol–water partition coefficient (Wildman–Crippen LogP) is 4.62. The Morgan fingerprint density at radius 3 is 2.30 bits per heavy atom. The third-order valence-electron chi connectivity index (χ3n) is 5.68. The van der Waals surface area contributed by atoms with Crippen molar-refractivity contribution in [3.05, 3.63) is 95.3 Å². The first-order valence-electron chi connectivity index (χ1n) is 11.8. The van der Waals surface area contributed by atoms with Gasteiger partial charge in [-0.1, -0.05) is 48.9 Å². The molecule has 3 rings (SSSR count). The van der Waals surface area contributed by atoms with Crippen LogP contribution in [0.5, 0.6) is 0 Å². The smallest absolute Gasteiger partial charge is 0.264 e. The summed E-state index contributed by atoms with van der Waals surface area (Å²) in [6, 6.07) is 18.5. The SMILES string of the molecule is CCCNC(=O)[C@H](C)N(Cc1cccc(Cl)c1)C(=O)CN(c1ccccc1)S(=O)(=O)c1ccc(F)cc1. The summed E-state index contributed by atoms with van der Waals surface area (Å²) in [5, 5.41) is 3.25. The first kappa shape index (κ1) is 28.1. The second-order valence-electron chi connectivity index (χ2n) is 8.42. The number of carbonyl (C=O) groups is 2. The van der Waals surface area contributed by atoms with Crippen LogP contribution in [0.4, 0.5) is 10.1 Å². The Labute approximate surface area is 221 Å². The van der Waals surface area contributed by atoms with Gasteiger partial charge in [0.2, 0.25) is 11.8 Å². The average Bonchev–Trinajstić information content (AvgIpc) is 2.89. The Balaban J connectivity index is 1.99. The Morgan fingerprint density at radius 1 is 1.00 bits per heavy atom. The fourth-order valence-corrected chi connectivity index (χ4v) is 5.29. The minimum Gasteiger partial charge on any atom is -0.354 e. The van der Waals surface area contributed by atoms with Gasteiger partial charge < -0.3 is 10.2 Å². The number of nitrogens with zero attached hydrogens (tertiary/aromatic N) is 2. The lowest BCUT2D eigenvalue weighted by atomic mass is 10.1. The van der Waals surface area contributed by atoms with Crippen molar-refractivity contribution in [3.8, 4) is 0 Å². The zero-order valence-electron chi connectivity index (χ0n) is 20.6. The highest BCUT2D eigenvalue weighted by atomic mass is 35.5. The highest BCUT2D eigenvalue weighted by Crippen LogP contribution is 2.25. The van der Waals surface area contributed by atoms with Gasteiger partial charge in [-0.3, -0.25) is 13.9 Å². The minimum atomic E-state index is -4.24. The Morgan fingerprint density at radius 2 is 1.68 bits per heavy atom. The highest BCUT2D eigenvalue weighted by Gasteiger charge is 2.32. The van der Waals surface area contributed by atoms with Gasteiger partial charge in [-0.15, -0.1) is 0 Å². The number of sulfonamides is 1. The number of anilines is 1. The molecule has 1 atom stereocenters. The Hall–Kier alpha value is -3.43. The fraction of sp³-hybridized carbons (Fsp3) is 0.259. The molecule has 10 heteroatoms. The van der Waals surface area contributed by atoms with E-state index in [0.717, 1.165) is 35.0 Å². The van der Waals surface area contributed by atoms with Gasteiger partial charge in [-0.25, -0.2) is 12.8 Å². The lowest BCUT2D eigenvalue weighted by Gasteiger charge is -2.32. The lowest BCUT2D eigenvalue weighted by molar-refractivity contribution is -0.139. The highest BCUT2D eigenvalue weighted by molar-refractivity contribution is 7.92. The third-order valence-corrected chi connectivity index (χ3v) is 7.71. The summed E-state index contributed by atoms with van der Waals surface area (Å²) in [4.78, 5) is 27.7. The van der Waals surface area contributed by atoms with Crippen molar-refractivity contribution in [3.63, 3.8) is 0 Å². The van der Waals surface area contributed by atoms with Crippen LogP contribution in [-0.4, -0.2) is 44.3 Å². The van der Waals surface area contributed by atoms with E-state index in [4.69, 9.17) is 11.6 Å². The summed E-state index contributed by atoms with van der Waals surface area (Å²) < 4.78 is 41.6. The number of carbonyl (C=O) groups excluding carboxylic acids is 2. The van der Waals surface area contributed by atoms with Crippen molar-refractivity contribution < 1.29 is 22.4 Å². The molecule has 37 heavy (non-hydrogen) atoms. The molecule has 196 valence electrons. The second kappa shape index (κ2) is 12.7. The quantitative estimate of drug-likeness (QED) is 0.381. The zero-order chi connectivity index (χ0) is 27.0. The van der Waals surface area contributed by atoms with Crippen molar-refractivity contribution in [2.24, 2.45) is 0 Å². The summed E-state index contributed by atoms with van der Waals surface area (Å²) in [5.41, 5.74) is 0.939. The van der Waals surface area contributed by atoms with Gasteiger partial charge in [0.25, 0.3) is 10.0 Å². The standard InChI is InChI=1S/C27H29ClFN3O4S/c1-3-16-30-27(34)20(2)31(18-21-8-7-9-22(28)17-21)26(33)19-32(24-10-5-4-6-11-24)37(35,36)25-14-12-23(29)13-15-25/h4-15,17,20H,3,16,18-19H2,1-2H3,(H,30,34)/t20-/m0/s1. The van der Waals surface area contributed by atoms with E-state index in [9.17, 15) is 22.4 Å². The van der Waals surface area contributed by atoms with Crippen LogP contribution >= 0.6 is 11.6 Å². The molecule has 3 aromatic rings. The van der Waals surface area contributed by atoms with Gasteiger partial charge in [-0.2, -0.15) is 0 Å². The van der Waals surface area contributed by atoms with Crippen LogP contribution in [0.25, 0.3) is 0 Å². The molecule has 0 aliphatic heterocycles. The summed E-state index contributed by atoms with van der Waals surface area (Å²) >= 11 is 6.12. The molecule has 0 bridgehead atoms. The Kier molecular flexibility index (Phi) is 9.66. The number of benzene rings is 3. The first-order chi connectivity index (χ1) is 17.6. The van der Waals surface area contributed by atoms with Crippen LogP contribution < -0.4 is 9.62 Å². The largest absolute Gasteiger partial charge is 0.354 e. The van der Waals surface area contributed by atoms with Crippen molar-refractivity contribution in [2.75, 3.05) is 17.4 Å². The van der Waals surface area contributed by atoms with Gasteiger partial charge in [0, 0.05) is 18.1 Å². The first-order valence-corrected chi connectivity index (χ1v) is 13.6. The van der Waals surface area contributed by atoms with E-state index in [0.29, 0.717) is 17.1 Å². The van der Waals surface area contributed by atoms with Crippen LogP contribution in [0.3, 0.4) is 0 Å². The van der Waals surface area contributed by atoms with Gasteiger partial charge in [0.15, 0.2) is 0 Å². The molecular weight excluding hydrogens is 517 g/mol. The molecule has 0 radical (unpaired) electrons. The maximum atomic E-state index is 13.7. The molecule has 0 unspecified atom stereocenters. The fourth-order valence-electron chi connectivity index (χ4n) is 3.67. The molecule has 3 aromatic carbocycles. The molecule has 7 nitrogen and oxygen atoms in total. The zero-order valence-corrected chi connectivity index (χ0v) is 22.2. The van der Waals surface area contributed by atoms with Gasteiger partial charge >= 0.3 is 0 Å². The maximum absolute atomic E-state index is 13.7. The third kappa shape index (κ3) is 7.30. The molecule has 0 aliphatic rings. The van der Waals surface area contributed by atoms with Crippen LogP contribution in [-0.2, 0) is 26.2 Å². The van der Waals surface area contributed by atoms with E-state index < -0.39 is 34.3 Å². The van der Waals surface area contributed by atoms with E-state index in [1.54, 1.807) is 61.5 Å². The van der Waals surface area contributed by atoms with Crippen molar-refractivity contribution >= 4 is 39.1 Å². The monoisotopic (exact) mass is 545 g/mol. The maximum Gasteiger partial charge on any atom is 0.264 e. The second-order valence-corrected chi connectivity index (χ2v) is 10.7. The topological polar surface area (TPSA) is 86.8 Å². The molecule has 0 fully saturated rings. The number of amides is 2.